The largest absolute Gasteiger partial charge is 0.338 e. The Balaban J connectivity index is 2.21. The molecule has 2 unspecified atom stereocenters. The van der Waals surface area contributed by atoms with Crippen molar-refractivity contribution in [3.8, 4) is 0 Å². The summed E-state index contributed by atoms with van der Waals surface area (Å²) in [7, 11) is 1.78. The van der Waals surface area contributed by atoms with Crippen LogP contribution >= 0.6 is 15.9 Å². The molecule has 1 amide bonds. The van der Waals surface area contributed by atoms with Crippen LogP contribution in [-0.4, -0.2) is 30.4 Å². The fourth-order valence-corrected chi connectivity index (χ4v) is 3.22. The van der Waals surface area contributed by atoms with Crippen LogP contribution < -0.4 is 5.73 Å². The number of nitrogens with zero attached hydrogens (tertiary/aromatic N) is 1. The first-order valence-electron chi connectivity index (χ1n) is 6.47. The van der Waals surface area contributed by atoms with Crippen LogP contribution in [0.25, 0.3) is 0 Å². The summed E-state index contributed by atoms with van der Waals surface area (Å²) in [5, 5.41) is 0. The van der Waals surface area contributed by atoms with Crippen molar-refractivity contribution >= 4 is 21.8 Å². The van der Waals surface area contributed by atoms with Crippen LogP contribution in [0.4, 0.5) is 4.39 Å². The van der Waals surface area contributed by atoms with Gasteiger partial charge in [-0.25, -0.2) is 4.39 Å². The summed E-state index contributed by atoms with van der Waals surface area (Å²) in [5.41, 5.74) is 6.11. The molecule has 0 aromatic heterocycles. The minimum atomic E-state index is -0.401. The summed E-state index contributed by atoms with van der Waals surface area (Å²) in [6.07, 6.45) is 3.12. The summed E-state index contributed by atoms with van der Waals surface area (Å²) in [4.78, 5) is 14.2. The molecule has 19 heavy (non-hydrogen) atoms. The molecule has 0 saturated heterocycles. The number of hydrogen-bond donors (Lipinski definition) is 1. The maximum Gasteiger partial charge on any atom is 0.255 e. The van der Waals surface area contributed by atoms with E-state index in [0.717, 1.165) is 19.3 Å². The molecule has 2 rings (SSSR count). The first-order chi connectivity index (χ1) is 9.04. The highest BCUT2D eigenvalue weighted by Gasteiger charge is 2.32. The van der Waals surface area contributed by atoms with E-state index in [9.17, 15) is 9.18 Å². The van der Waals surface area contributed by atoms with Crippen LogP contribution in [0.5, 0.6) is 0 Å². The molecule has 1 aliphatic carbocycles. The standard InChI is InChI=1S/C14H18BrFN2O/c1-18(13-4-2-3-9(13)8-17)14(19)11-7-10(16)5-6-12(11)15/h5-7,9,13H,2-4,8,17H2,1H3. The molecule has 0 aliphatic heterocycles. The van der Waals surface area contributed by atoms with E-state index in [0.29, 0.717) is 22.5 Å². The van der Waals surface area contributed by atoms with Gasteiger partial charge in [-0.15, -0.1) is 0 Å². The molecule has 5 heteroatoms. The smallest absolute Gasteiger partial charge is 0.255 e. The molecule has 0 bridgehead atoms. The highest BCUT2D eigenvalue weighted by molar-refractivity contribution is 9.10. The molecule has 1 aromatic rings. The molecule has 0 heterocycles. The van der Waals surface area contributed by atoms with Crippen molar-refractivity contribution in [3.05, 3.63) is 34.1 Å². The maximum atomic E-state index is 13.3. The van der Waals surface area contributed by atoms with E-state index in [-0.39, 0.29) is 11.9 Å². The first kappa shape index (κ1) is 14.5. The monoisotopic (exact) mass is 328 g/mol. The van der Waals surface area contributed by atoms with Crippen LogP contribution in [0.2, 0.25) is 0 Å². The zero-order valence-electron chi connectivity index (χ0n) is 10.9. The van der Waals surface area contributed by atoms with Crippen LogP contribution in [-0.2, 0) is 0 Å². The predicted molar refractivity (Wildman–Crippen MR) is 76.4 cm³/mol. The lowest BCUT2D eigenvalue weighted by molar-refractivity contribution is 0.0698. The normalized spacial score (nSPS) is 22.5. The van der Waals surface area contributed by atoms with Gasteiger partial charge in [0.2, 0.25) is 0 Å². The fraction of sp³-hybridized carbons (Fsp3) is 0.500. The van der Waals surface area contributed by atoms with Crippen molar-refractivity contribution in [1.29, 1.82) is 0 Å². The Morgan fingerprint density at radius 2 is 2.26 bits per heavy atom. The number of carbonyl (C=O) groups is 1. The van der Waals surface area contributed by atoms with Gasteiger partial charge in [0.25, 0.3) is 5.91 Å². The van der Waals surface area contributed by atoms with Gasteiger partial charge in [-0.1, -0.05) is 6.42 Å². The number of carbonyl (C=O) groups excluding carboxylic acids is 1. The lowest BCUT2D eigenvalue weighted by Gasteiger charge is -2.29. The summed E-state index contributed by atoms with van der Waals surface area (Å²) in [5.74, 6) is -0.209. The van der Waals surface area contributed by atoms with Crippen molar-refractivity contribution in [3.63, 3.8) is 0 Å². The zero-order chi connectivity index (χ0) is 14.0. The quantitative estimate of drug-likeness (QED) is 0.927. The molecule has 1 saturated carbocycles. The third kappa shape index (κ3) is 2.98. The van der Waals surface area contributed by atoms with E-state index in [1.807, 2.05) is 0 Å². The lowest BCUT2D eigenvalue weighted by atomic mass is 10.0. The van der Waals surface area contributed by atoms with Gasteiger partial charge in [0, 0.05) is 17.6 Å². The summed E-state index contributed by atoms with van der Waals surface area (Å²) >= 11 is 3.30. The molecule has 0 spiro atoms. The average molecular weight is 329 g/mol. The second kappa shape index (κ2) is 6.01. The van der Waals surface area contributed by atoms with Gasteiger partial charge < -0.3 is 10.6 Å². The summed E-state index contributed by atoms with van der Waals surface area (Å²) < 4.78 is 13.9. The Morgan fingerprint density at radius 1 is 1.53 bits per heavy atom. The fourth-order valence-electron chi connectivity index (χ4n) is 2.80. The number of benzene rings is 1. The number of amides is 1. The van der Waals surface area contributed by atoms with Crippen LogP contribution in [0, 0.1) is 11.7 Å². The van der Waals surface area contributed by atoms with E-state index in [1.54, 1.807) is 18.0 Å². The Morgan fingerprint density at radius 3 is 2.95 bits per heavy atom. The van der Waals surface area contributed by atoms with Crippen molar-refractivity contribution in [2.45, 2.75) is 25.3 Å². The second-order valence-electron chi connectivity index (χ2n) is 5.03. The molecule has 0 radical (unpaired) electrons. The van der Waals surface area contributed by atoms with Gasteiger partial charge in [0.05, 0.1) is 5.56 Å². The minimum Gasteiger partial charge on any atom is -0.338 e. The molecule has 1 fully saturated rings. The number of rotatable bonds is 3. The van der Waals surface area contributed by atoms with Gasteiger partial charge in [-0.2, -0.15) is 0 Å². The molecule has 3 nitrogen and oxygen atoms in total. The molecule has 1 aromatic carbocycles. The van der Waals surface area contributed by atoms with E-state index < -0.39 is 5.82 Å². The van der Waals surface area contributed by atoms with Gasteiger partial charge in [0.1, 0.15) is 5.82 Å². The van der Waals surface area contributed by atoms with E-state index >= 15 is 0 Å². The number of hydrogen-bond acceptors (Lipinski definition) is 2. The van der Waals surface area contributed by atoms with Gasteiger partial charge in [-0.3, -0.25) is 4.79 Å². The lowest BCUT2D eigenvalue weighted by Crippen LogP contribution is -2.41. The Bertz CT molecular complexity index is 481. The van der Waals surface area contributed by atoms with Crippen molar-refractivity contribution < 1.29 is 9.18 Å². The minimum absolute atomic E-state index is 0.156. The maximum absolute atomic E-state index is 13.3. The number of nitrogens with two attached hydrogens (primary N) is 1. The van der Waals surface area contributed by atoms with Crippen molar-refractivity contribution in [1.82, 2.24) is 4.90 Å². The van der Waals surface area contributed by atoms with E-state index in [2.05, 4.69) is 15.9 Å². The molecule has 2 N–H and O–H groups in total. The molecule has 104 valence electrons. The number of halogens is 2. The Hall–Kier alpha value is -0.940. The Kier molecular flexibility index (Phi) is 4.58. The average Bonchev–Trinajstić information content (AvgIpc) is 2.88. The summed E-state index contributed by atoms with van der Waals surface area (Å²) in [6, 6.07) is 4.33. The van der Waals surface area contributed by atoms with Crippen LogP contribution in [0.15, 0.2) is 22.7 Å². The summed E-state index contributed by atoms with van der Waals surface area (Å²) in [6.45, 7) is 0.590. The Labute approximate surface area is 121 Å². The zero-order valence-corrected chi connectivity index (χ0v) is 12.5. The topological polar surface area (TPSA) is 46.3 Å². The van der Waals surface area contributed by atoms with Crippen molar-refractivity contribution in [2.75, 3.05) is 13.6 Å². The van der Waals surface area contributed by atoms with E-state index in [1.165, 1.54) is 12.1 Å². The van der Waals surface area contributed by atoms with Gasteiger partial charge in [-0.05, 0) is 59.4 Å². The van der Waals surface area contributed by atoms with Crippen LogP contribution in [0.1, 0.15) is 29.6 Å². The third-order valence-corrected chi connectivity index (χ3v) is 4.59. The van der Waals surface area contributed by atoms with Crippen LogP contribution in [0.3, 0.4) is 0 Å². The molecular formula is C14H18BrFN2O. The highest BCUT2D eigenvalue weighted by Crippen LogP contribution is 2.30. The second-order valence-corrected chi connectivity index (χ2v) is 5.89. The molecule has 2 atom stereocenters. The van der Waals surface area contributed by atoms with Gasteiger partial charge >= 0.3 is 0 Å². The highest BCUT2D eigenvalue weighted by atomic mass is 79.9. The SMILES string of the molecule is CN(C(=O)c1cc(F)ccc1Br)C1CCCC1CN. The van der Waals surface area contributed by atoms with E-state index in [4.69, 9.17) is 5.73 Å². The third-order valence-electron chi connectivity index (χ3n) is 3.90. The molecule has 1 aliphatic rings. The van der Waals surface area contributed by atoms with Crippen molar-refractivity contribution in [2.24, 2.45) is 11.7 Å². The predicted octanol–water partition coefficient (Wildman–Crippen LogP) is 2.79. The first-order valence-corrected chi connectivity index (χ1v) is 7.26. The molecular weight excluding hydrogens is 311 g/mol. The van der Waals surface area contributed by atoms with Gasteiger partial charge in [0.15, 0.2) is 0 Å².